The SMILES string of the molecule is CCc1ccc(-c2cn3cc(Oc4ccccc4)ccc3n2)cc1. The molecule has 2 heterocycles. The molecular weight excluding hydrogens is 296 g/mol. The van der Waals surface area contributed by atoms with E-state index in [0.717, 1.165) is 34.8 Å². The average molecular weight is 314 g/mol. The maximum Gasteiger partial charge on any atom is 0.144 e. The summed E-state index contributed by atoms with van der Waals surface area (Å²) in [5, 5.41) is 0. The third-order valence-electron chi connectivity index (χ3n) is 4.06. The molecule has 0 radical (unpaired) electrons. The predicted molar refractivity (Wildman–Crippen MR) is 96.5 cm³/mol. The van der Waals surface area contributed by atoms with Crippen LogP contribution in [0.4, 0.5) is 0 Å². The summed E-state index contributed by atoms with van der Waals surface area (Å²) in [6.45, 7) is 2.16. The first kappa shape index (κ1) is 14.5. The van der Waals surface area contributed by atoms with Crippen molar-refractivity contribution in [1.29, 1.82) is 0 Å². The third kappa shape index (κ3) is 2.88. The van der Waals surface area contributed by atoms with Crippen LogP contribution in [0.25, 0.3) is 16.9 Å². The highest BCUT2D eigenvalue weighted by atomic mass is 16.5. The molecule has 0 N–H and O–H groups in total. The van der Waals surface area contributed by atoms with Gasteiger partial charge in [-0.25, -0.2) is 4.98 Å². The van der Waals surface area contributed by atoms with Crippen molar-refractivity contribution >= 4 is 5.65 Å². The number of hydrogen-bond donors (Lipinski definition) is 0. The van der Waals surface area contributed by atoms with Crippen LogP contribution in [0, 0.1) is 0 Å². The van der Waals surface area contributed by atoms with Gasteiger partial charge in [-0.05, 0) is 36.2 Å². The molecule has 3 heteroatoms. The topological polar surface area (TPSA) is 26.5 Å². The molecule has 2 aromatic heterocycles. The first-order valence-electron chi connectivity index (χ1n) is 8.13. The standard InChI is InChI=1S/C21H18N2O/c1-2-16-8-10-17(11-9-16)20-15-23-14-19(12-13-21(23)22-20)24-18-6-4-3-5-7-18/h3-15H,2H2,1H3. The zero-order chi connectivity index (χ0) is 16.4. The molecule has 2 aromatic carbocycles. The van der Waals surface area contributed by atoms with Gasteiger partial charge in [-0.15, -0.1) is 0 Å². The maximum atomic E-state index is 5.88. The summed E-state index contributed by atoms with van der Waals surface area (Å²) >= 11 is 0. The fourth-order valence-electron chi connectivity index (χ4n) is 2.71. The number of pyridine rings is 1. The van der Waals surface area contributed by atoms with Gasteiger partial charge >= 0.3 is 0 Å². The quantitative estimate of drug-likeness (QED) is 0.507. The summed E-state index contributed by atoms with van der Waals surface area (Å²) in [7, 11) is 0. The van der Waals surface area contributed by atoms with Crippen molar-refractivity contribution in [3.8, 4) is 22.8 Å². The number of aryl methyl sites for hydroxylation is 1. The Kier molecular flexibility index (Phi) is 3.75. The second-order valence-corrected chi connectivity index (χ2v) is 5.72. The molecule has 4 aromatic rings. The highest BCUT2D eigenvalue weighted by molar-refractivity contribution is 5.63. The zero-order valence-electron chi connectivity index (χ0n) is 13.5. The Morgan fingerprint density at radius 1 is 0.833 bits per heavy atom. The molecule has 0 aliphatic carbocycles. The van der Waals surface area contributed by atoms with Gasteiger partial charge < -0.3 is 9.14 Å². The van der Waals surface area contributed by atoms with Crippen LogP contribution in [0.15, 0.2) is 79.1 Å². The predicted octanol–water partition coefficient (Wildman–Crippen LogP) is 5.36. The molecule has 118 valence electrons. The summed E-state index contributed by atoms with van der Waals surface area (Å²) in [6.07, 6.45) is 5.04. The molecule has 0 unspecified atom stereocenters. The molecule has 4 rings (SSSR count). The molecule has 0 spiro atoms. The van der Waals surface area contributed by atoms with Crippen LogP contribution in [0.1, 0.15) is 12.5 Å². The van der Waals surface area contributed by atoms with Gasteiger partial charge in [-0.2, -0.15) is 0 Å². The number of ether oxygens (including phenoxy) is 1. The van der Waals surface area contributed by atoms with E-state index in [0.29, 0.717) is 0 Å². The van der Waals surface area contributed by atoms with Gasteiger partial charge in [0.1, 0.15) is 17.1 Å². The van der Waals surface area contributed by atoms with Gasteiger partial charge in [0.2, 0.25) is 0 Å². The highest BCUT2D eigenvalue weighted by Gasteiger charge is 2.06. The van der Waals surface area contributed by atoms with E-state index in [4.69, 9.17) is 9.72 Å². The maximum absolute atomic E-state index is 5.88. The van der Waals surface area contributed by atoms with Crippen molar-refractivity contribution in [2.45, 2.75) is 13.3 Å². The van der Waals surface area contributed by atoms with Crippen molar-refractivity contribution in [1.82, 2.24) is 9.38 Å². The third-order valence-corrected chi connectivity index (χ3v) is 4.06. The van der Waals surface area contributed by atoms with E-state index in [1.807, 2.05) is 59.3 Å². The molecule has 0 amide bonds. The number of aromatic nitrogens is 2. The van der Waals surface area contributed by atoms with Crippen LogP contribution < -0.4 is 4.74 Å². The molecule has 0 aliphatic heterocycles. The molecular formula is C21H18N2O. The minimum atomic E-state index is 0.791. The Hall–Kier alpha value is -3.07. The molecule has 3 nitrogen and oxygen atoms in total. The molecule has 0 saturated carbocycles. The smallest absolute Gasteiger partial charge is 0.144 e. The normalized spacial score (nSPS) is 10.9. The zero-order valence-corrected chi connectivity index (χ0v) is 13.5. The van der Waals surface area contributed by atoms with Crippen LogP contribution >= 0.6 is 0 Å². The van der Waals surface area contributed by atoms with Crippen LogP contribution in [-0.2, 0) is 6.42 Å². The second kappa shape index (κ2) is 6.20. The van der Waals surface area contributed by atoms with E-state index >= 15 is 0 Å². The monoisotopic (exact) mass is 314 g/mol. The summed E-state index contributed by atoms with van der Waals surface area (Å²) in [4.78, 5) is 4.69. The van der Waals surface area contributed by atoms with Crippen molar-refractivity contribution in [3.63, 3.8) is 0 Å². The summed E-state index contributed by atoms with van der Waals surface area (Å²) in [5.74, 6) is 1.62. The lowest BCUT2D eigenvalue weighted by atomic mass is 10.1. The van der Waals surface area contributed by atoms with Crippen LogP contribution in [-0.4, -0.2) is 9.38 Å². The van der Waals surface area contributed by atoms with E-state index in [1.165, 1.54) is 5.56 Å². The van der Waals surface area contributed by atoms with Gasteiger partial charge in [-0.3, -0.25) is 0 Å². The van der Waals surface area contributed by atoms with Gasteiger partial charge in [0.15, 0.2) is 0 Å². The van der Waals surface area contributed by atoms with E-state index in [1.54, 1.807) is 0 Å². The first-order chi connectivity index (χ1) is 11.8. The molecule has 24 heavy (non-hydrogen) atoms. The van der Waals surface area contributed by atoms with E-state index in [-0.39, 0.29) is 0 Å². The average Bonchev–Trinajstić information content (AvgIpc) is 3.06. The fourth-order valence-corrected chi connectivity index (χ4v) is 2.71. The lowest BCUT2D eigenvalue weighted by Crippen LogP contribution is -1.87. The summed E-state index contributed by atoms with van der Waals surface area (Å²) in [5.41, 5.74) is 4.34. The number of hydrogen-bond acceptors (Lipinski definition) is 2. The van der Waals surface area contributed by atoms with Crippen LogP contribution in [0.2, 0.25) is 0 Å². The van der Waals surface area contributed by atoms with E-state index in [9.17, 15) is 0 Å². The Balaban J connectivity index is 1.65. The lowest BCUT2D eigenvalue weighted by molar-refractivity contribution is 0.479. The largest absolute Gasteiger partial charge is 0.456 e. The molecule has 0 fully saturated rings. The number of imidazole rings is 1. The van der Waals surface area contributed by atoms with Crippen molar-refractivity contribution in [2.75, 3.05) is 0 Å². The van der Waals surface area contributed by atoms with E-state index in [2.05, 4.69) is 31.2 Å². The number of benzene rings is 2. The molecule has 0 saturated heterocycles. The molecule has 0 bridgehead atoms. The lowest BCUT2D eigenvalue weighted by Gasteiger charge is -2.05. The number of para-hydroxylation sites is 1. The minimum absolute atomic E-state index is 0.791. The minimum Gasteiger partial charge on any atom is -0.456 e. The Morgan fingerprint density at radius 3 is 2.38 bits per heavy atom. The number of fused-ring (bicyclic) bond motifs is 1. The van der Waals surface area contributed by atoms with Crippen LogP contribution in [0.3, 0.4) is 0 Å². The Morgan fingerprint density at radius 2 is 1.62 bits per heavy atom. The van der Waals surface area contributed by atoms with Crippen molar-refractivity contribution in [3.05, 3.63) is 84.7 Å². The van der Waals surface area contributed by atoms with Crippen LogP contribution in [0.5, 0.6) is 11.5 Å². The highest BCUT2D eigenvalue weighted by Crippen LogP contribution is 2.24. The first-order valence-corrected chi connectivity index (χ1v) is 8.13. The Labute approximate surface area is 141 Å². The fraction of sp³-hybridized carbons (Fsp3) is 0.0952. The van der Waals surface area contributed by atoms with E-state index < -0.39 is 0 Å². The van der Waals surface area contributed by atoms with Crippen molar-refractivity contribution in [2.24, 2.45) is 0 Å². The number of nitrogens with zero attached hydrogens (tertiary/aromatic N) is 2. The van der Waals surface area contributed by atoms with Gasteiger partial charge in [0.05, 0.1) is 11.9 Å². The Bertz CT molecular complexity index is 956. The van der Waals surface area contributed by atoms with Gasteiger partial charge in [-0.1, -0.05) is 49.4 Å². The van der Waals surface area contributed by atoms with Gasteiger partial charge in [0, 0.05) is 11.8 Å². The molecule has 0 aliphatic rings. The van der Waals surface area contributed by atoms with Crippen molar-refractivity contribution < 1.29 is 4.74 Å². The molecule has 0 atom stereocenters. The summed E-state index contributed by atoms with van der Waals surface area (Å²) < 4.78 is 7.88. The number of rotatable bonds is 4. The van der Waals surface area contributed by atoms with Gasteiger partial charge in [0.25, 0.3) is 0 Å². The summed E-state index contributed by atoms with van der Waals surface area (Å²) in [6, 6.07) is 22.3. The second-order valence-electron chi connectivity index (χ2n) is 5.72.